The first kappa shape index (κ1) is 21.0. The van der Waals surface area contributed by atoms with Gasteiger partial charge in [0.15, 0.2) is 0 Å². The summed E-state index contributed by atoms with van der Waals surface area (Å²) in [5.41, 5.74) is 14.2. The van der Waals surface area contributed by atoms with Crippen LogP contribution in [0.5, 0.6) is 0 Å². The quantitative estimate of drug-likeness (QED) is 0.213. The van der Waals surface area contributed by atoms with Gasteiger partial charge in [-0.05, 0) is 58.5 Å². The van der Waals surface area contributed by atoms with Crippen molar-refractivity contribution in [3.63, 3.8) is 0 Å². The minimum Gasteiger partial charge on any atom is -0.376 e. The van der Waals surface area contributed by atoms with Gasteiger partial charge in [-0.1, -0.05) is 103 Å². The molecule has 180 valence electrons. The SMILES string of the molecule is c1ccc(-n2c3ccccc3c3c4c(ccc32)N2B(c3ccccc3-c3ccccc32)c2ccccc2-4)cc1. The van der Waals surface area contributed by atoms with Gasteiger partial charge < -0.3 is 9.38 Å². The van der Waals surface area contributed by atoms with Crippen LogP contribution in [0.3, 0.4) is 0 Å². The molecule has 0 radical (unpaired) electrons. The van der Waals surface area contributed by atoms with Crippen molar-refractivity contribution < 1.29 is 0 Å². The Kier molecular flexibility index (Phi) is 4.17. The molecule has 2 aliphatic rings. The van der Waals surface area contributed by atoms with Crippen LogP contribution in [0.15, 0.2) is 140 Å². The largest absolute Gasteiger partial charge is 0.376 e. The normalized spacial score (nSPS) is 13.0. The van der Waals surface area contributed by atoms with Crippen LogP contribution in [0.4, 0.5) is 11.4 Å². The van der Waals surface area contributed by atoms with E-state index in [0.717, 1.165) is 0 Å². The van der Waals surface area contributed by atoms with Crippen LogP contribution in [0.1, 0.15) is 0 Å². The Balaban J connectivity index is 1.46. The van der Waals surface area contributed by atoms with E-state index in [0.29, 0.717) is 0 Å². The van der Waals surface area contributed by atoms with Gasteiger partial charge in [-0.15, -0.1) is 0 Å². The fraction of sp³-hybridized carbons (Fsp3) is 0. The van der Waals surface area contributed by atoms with Crippen LogP contribution in [0, 0.1) is 0 Å². The van der Waals surface area contributed by atoms with Crippen LogP contribution in [0.25, 0.3) is 49.7 Å². The molecule has 0 saturated carbocycles. The minimum absolute atomic E-state index is 0.125. The van der Waals surface area contributed by atoms with Crippen LogP contribution >= 0.6 is 0 Å². The second-order valence-electron chi connectivity index (χ2n) is 10.5. The fourth-order valence-electron chi connectivity index (χ4n) is 7.09. The zero-order chi connectivity index (χ0) is 25.5. The molecule has 0 saturated heterocycles. The van der Waals surface area contributed by atoms with Gasteiger partial charge in [0.25, 0.3) is 0 Å². The molecule has 0 fully saturated rings. The number of anilines is 2. The number of para-hydroxylation sites is 3. The van der Waals surface area contributed by atoms with Crippen molar-refractivity contribution in [2.24, 2.45) is 0 Å². The highest BCUT2D eigenvalue weighted by atomic mass is 15.1. The molecule has 2 aliphatic heterocycles. The number of hydrogen-bond donors (Lipinski definition) is 0. The zero-order valence-corrected chi connectivity index (χ0v) is 21.3. The monoisotopic (exact) mass is 494 g/mol. The van der Waals surface area contributed by atoms with E-state index in [1.165, 1.54) is 72.0 Å². The Morgan fingerprint density at radius 1 is 0.436 bits per heavy atom. The van der Waals surface area contributed by atoms with Crippen molar-refractivity contribution in [3.05, 3.63) is 140 Å². The lowest BCUT2D eigenvalue weighted by molar-refractivity contribution is 1.18. The first-order chi connectivity index (χ1) is 19.4. The van der Waals surface area contributed by atoms with E-state index in [1.54, 1.807) is 0 Å². The molecule has 3 heteroatoms. The smallest absolute Gasteiger partial charge is 0.329 e. The van der Waals surface area contributed by atoms with E-state index >= 15 is 0 Å². The Labute approximate surface area is 227 Å². The summed E-state index contributed by atoms with van der Waals surface area (Å²) in [5.74, 6) is 0. The van der Waals surface area contributed by atoms with E-state index in [4.69, 9.17) is 0 Å². The molecule has 3 heterocycles. The molecule has 0 N–H and O–H groups in total. The van der Waals surface area contributed by atoms with E-state index in [9.17, 15) is 0 Å². The summed E-state index contributed by atoms with van der Waals surface area (Å²) < 4.78 is 2.42. The van der Waals surface area contributed by atoms with Gasteiger partial charge in [0, 0.05) is 39.0 Å². The van der Waals surface area contributed by atoms with Crippen LogP contribution in [-0.2, 0) is 0 Å². The average molecular weight is 494 g/mol. The maximum Gasteiger partial charge on any atom is 0.329 e. The van der Waals surface area contributed by atoms with E-state index in [-0.39, 0.29) is 6.85 Å². The molecule has 6 aromatic carbocycles. The lowest BCUT2D eigenvalue weighted by Gasteiger charge is -2.43. The Bertz CT molecular complexity index is 2090. The Morgan fingerprint density at radius 2 is 1.08 bits per heavy atom. The Morgan fingerprint density at radius 3 is 1.92 bits per heavy atom. The van der Waals surface area contributed by atoms with Crippen LogP contribution in [0.2, 0.25) is 0 Å². The maximum absolute atomic E-state index is 2.59. The highest BCUT2D eigenvalue weighted by Gasteiger charge is 2.42. The zero-order valence-electron chi connectivity index (χ0n) is 21.3. The van der Waals surface area contributed by atoms with Crippen molar-refractivity contribution in [2.45, 2.75) is 0 Å². The molecule has 1 aromatic heterocycles. The van der Waals surface area contributed by atoms with Crippen molar-refractivity contribution >= 4 is 51.0 Å². The molecule has 0 amide bonds. The van der Waals surface area contributed by atoms with Gasteiger partial charge in [-0.2, -0.15) is 0 Å². The highest BCUT2D eigenvalue weighted by molar-refractivity contribution is 6.92. The summed E-state index contributed by atoms with van der Waals surface area (Å²) in [6.45, 7) is 0.125. The van der Waals surface area contributed by atoms with Gasteiger partial charge in [0.2, 0.25) is 0 Å². The maximum atomic E-state index is 2.59. The highest BCUT2D eigenvalue weighted by Crippen LogP contribution is 2.50. The molecule has 0 spiro atoms. The van der Waals surface area contributed by atoms with Gasteiger partial charge in [-0.25, -0.2) is 0 Å². The Hall–Kier alpha value is -5.02. The summed E-state index contributed by atoms with van der Waals surface area (Å²) in [4.78, 5) is 2.59. The number of aromatic nitrogens is 1. The molecule has 39 heavy (non-hydrogen) atoms. The number of fused-ring (bicyclic) bond motifs is 15. The van der Waals surface area contributed by atoms with Crippen LogP contribution in [-0.4, -0.2) is 11.4 Å². The summed E-state index contributed by atoms with van der Waals surface area (Å²) in [7, 11) is 0. The second-order valence-corrected chi connectivity index (χ2v) is 10.5. The van der Waals surface area contributed by atoms with E-state index in [2.05, 4.69) is 149 Å². The summed E-state index contributed by atoms with van der Waals surface area (Å²) >= 11 is 0. The van der Waals surface area contributed by atoms with Crippen molar-refractivity contribution in [2.75, 3.05) is 4.81 Å². The molecule has 0 aliphatic carbocycles. The van der Waals surface area contributed by atoms with Crippen molar-refractivity contribution in [3.8, 4) is 27.9 Å². The molecule has 0 atom stereocenters. The average Bonchev–Trinajstić information content (AvgIpc) is 3.35. The molecule has 9 rings (SSSR count). The summed E-state index contributed by atoms with van der Waals surface area (Å²) in [5, 5.41) is 2.60. The molecule has 0 bridgehead atoms. The second kappa shape index (κ2) is 7.75. The number of benzene rings is 6. The van der Waals surface area contributed by atoms with E-state index in [1.807, 2.05) is 0 Å². The standard InChI is InChI=1S/C36H23BN2/c1-2-12-24(13-3-1)38-31-20-10-7-17-28(31)36-33(38)22-23-34-35(36)27-16-5-9-19-30(27)37-29-18-8-4-14-25(29)26-15-6-11-21-32(26)39(34)37/h1-23H. The number of rotatable bonds is 1. The number of hydrogen-bond acceptors (Lipinski definition) is 1. The van der Waals surface area contributed by atoms with E-state index < -0.39 is 0 Å². The fourth-order valence-corrected chi connectivity index (χ4v) is 7.09. The molecular formula is C36H23BN2. The summed E-state index contributed by atoms with van der Waals surface area (Å²) in [6.07, 6.45) is 0. The van der Waals surface area contributed by atoms with Gasteiger partial charge in [0.05, 0.1) is 11.0 Å². The van der Waals surface area contributed by atoms with Gasteiger partial charge in [0.1, 0.15) is 0 Å². The molecule has 2 nitrogen and oxygen atoms in total. The minimum atomic E-state index is 0.125. The topological polar surface area (TPSA) is 8.17 Å². The molecule has 0 unspecified atom stereocenters. The van der Waals surface area contributed by atoms with Crippen molar-refractivity contribution in [1.82, 2.24) is 4.57 Å². The molecular weight excluding hydrogens is 471 g/mol. The van der Waals surface area contributed by atoms with Crippen molar-refractivity contribution in [1.29, 1.82) is 0 Å². The third-order valence-corrected chi connectivity index (χ3v) is 8.58. The number of nitrogens with zero attached hydrogens (tertiary/aromatic N) is 2. The third-order valence-electron chi connectivity index (χ3n) is 8.58. The first-order valence-corrected chi connectivity index (χ1v) is 13.6. The van der Waals surface area contributed by atoms with Gasteiger partial charge >= 0.3 is 6.85 Å². The van der Waals surface area contributed by atoms with Gasteiger partial charge in [-0.3, -0.25) is 0 Å². The first-order valence-electron chi connectivity index (χ1n) is 13.6. The third kappa shape index (κ3) is 2.72. The van der Waals surface area contributed by atoms with Crippen LogP contribution < -0.4 is 15.7 Å². The lowest BCUT2D eigenvalue weighted by Crippen LogP contribution is -2.59. The molecule has 7 aromatic rings. The predicted octanol–water partition coefficient (Wildman–Crippen LogP) is 7.69. The summed E-state index contributed by atoms with van der Waals surface area (Å²) in [6, 6.07) is 51.1. The predicted molar refractivity (Wildman–Crippen MR) is 165 cm³/mol. The lowest BCUT2D eigenvalue weighted by atomic mass is 9.43.